The maximum atomic E-state index is 12.5. The van der Waals surface area contributed by atoms with E-state index in [1.165, 1.54) is 19.3 Å². The van der Waals surface area contributed by atoms with Crippen LogP contribution in [0, 0.1) is 24.2 Å². The second-order valence-electron chi connectivity index (χ2n) is 6.84. The van der Waals surface area contributed by atoms with Gasteiger partial charge in [-0.1, -0.05) is 19.3 Å². The molecule has 2 heterocycles. The third kappa shape index (κ3) is 3.73. The van der Waals surface area contributed by atoms with Crippen molar-refractivity contribution < 1.29 is 4.79 Å². The van der Waals surface area contributed by atoms with Crippen LogP contribution in [0.2, 0.25) is 0 Å². The largest absolute Gasteiger partial charge is 0.335 e. The van der Waals surface area contributed by atoms with Gasteiger partial charge in [-0.2, -0.15) is 5.26 Å². The van der Waals surface area contributed by atoms with Crippen molar-refractivity contribution in [3.05, 3.63) is 23.8 Å². The van der Waals surface area contributed by atoms with Gasteiger partial charge in [-0.05, 0) is 25.7 Å². The fourth-order valence-corrected chi connectivity index (χ4v) is 3.80. The highest BCUT2D eigenvalue weighted by Crippen LogP contribution is 2.29. The third-order valence-electron chi connectivity index (χ3n) is 5.22. The van der Waals surface area contributed by atoms with E-state index in [0.717, 1.165) is 31.6 Å². The lowest BCUT2D eigenvalue weighted by Crippen LogP contribution is -2.53. The van der Waals surface area contributed by atoms with Gasteiger partial charge in [0.2, 0.25) is 0 Å². The average Bonchev–Trinajstić information content (AvgIpc) is 2.64. The Morgan fingerprint density at radius 1 is 1.17 bits per heavy atom. The van der Waals surface area contributed by atoms with Gasteiger partial charge in [0.1, 0.15) is 11.7 Å². The van der Waals surface area contributed by atoms with E-state index in [1.807, 2.05) is 11.8 Å². The molecule has 1 saturated carbocycles. The molecule has 0 spiro atoms. The lowest BCUT2D eigenvalue weighted by molar-refractivity contribution is 0.0533. The minimum Gasteiger partial charge on any atom is -0.335 e. The Balaban J connectivity index is 1.57. The lowest BCUT2D eigenvalue weighted by Gasteiger charge is -2.40. The third-order valence-corrected chi connectivity index (χ3v) is 5.22. The summed E-state index contributed by atoms with van der Waals surface area (Å²) in [5.41, 5.74) is 1.21. The maximum Gasteiger partial charge on any atom is 0.274 e. The van der Waals surface area contributed by atoms with Crippen LogP contribution < -0.4 is 0 Å². The fourth-order valence-electron chi connectivity index (χ4n) is 3.80. The van der Waals surface area contributed by atoms with Crippen LogP contribution in [0.25, 0.3) is 0 Å². The Morgan fingerprint density at radius 3 is 2.46 bits per heavy atom. The molecule has 0 N–H and O–H groups in total. The average molecular weight is 327 g/mol. The summed E-state index contributed by atoms with van der Waals surface area (Å²) >= 11 is 0. The highest BCUT2D eigenvalue weighted by atomic mass is 16.2. The van der Waals surface area contributed by atoms with Crippen LogP contribution >= 0.6 is 0 Å². The van der Waals surface area contributed by atoms with Gasteiger partial charge < -0.3 is 4.90 Å². The molecule has 1 unspecified atom stereocenters. The molecule has 1 aromatic heterocycles. The second-order valence-corrected chi connectivity index (χ2v) is 6.84. The van der Waals surface area contributed by atoms with Crippen molar-refractivity contribution in [2.45, 2.75) is 45.1 Å². The molecule has 6 heteroatoms. The zero-order chi connectivity index (χ0) is 16.9. The summed E-state index contributed by atoms with van der Waals surface area (Å²) in [5, 5.41) is 9.62. The van der Waals surface area contributed by atoms with E-state index in [9.17, 15) is 10.1 Å². The number of hydrogen-bond acceptors (Lipinski definition) is 5. The number of carbonyl (C=O) groups excluding carboxylic acids is 1. The van der Waals surface area contributed by atoms with Crippen molar-refractivity contribution in [3.63, 3.8) is 0 Å². The molecular weight excluding hydrogens is 302 g/mol. The summed E-state index contributed by atoms with van der Waals surface area (Å²) in [5.74, 6) is 0.433. The van der Waals surface area contributed by atoms with E-state index in [4.69, 9.17) is 0 Å². The number of piperazine rings is 1. The topological polar surface area (TPSA) is 73.1 Å². The fraction of sp³-hybridized carbons (Fsp3) is 0.667. The molecule has 0 radical (unpaired) electrons. The molecule has 1 saturated heterocycles. The number of amides is 1. The van der Waals surface area contributed by atoms with Crippen molar-refractivity contribution in [3.8, 4) is 6.07 Å². The molecule has 2 aliphatic rings. The maximum absolute atomic E-state index is 12.5. The molecular formula is C18H25N5O. The molecule has 1 aliphatic carbocycles. The molecule has 2 fully saturated rings. The number of hydrogen-bond donors (Lipinski definition) is 0. The van der Waals surface area contributed by atoms with Gasteiger partial charge >= 0.3 is 0 Å². The van der Waals surface area contributed by atoms with Crippen molar-refractivity contribution in [2.75, 3.05) is 26.2 Å². The van der Waals surface area contributed by atoms with Crippen molar-refractivity contribution in [1.29, 1.82) is 5.26 Å². The van der Waals surface area contributed by atoms with Gasteiger partial charge in [0.25, 0.3) is 5.91 Å². The molecule has 0 bridgehead atoms. The van der Waals surface area contributed by atoms with Crippen LogP contribution in [0.1, 0.15) is 48.3 Å². The van der Waals surface area contributed by atoms with Crippen LogP contribution in [0.5, 0.6) is 0 Å². The first-order valence-electron chi connectivity index (χ1n) is 8.90. The number of carbonyl (C=O) groups is 1. The zero-order valence-corrected chi connectivity index (χ0v) is 14.3. The normalized spacial score (nSPS) is 21.2. The molecule has 0 aromatic carbocycles. The quantitative estimate of drug-likeness (QED) is 0.849. The lowest BCUT2D eigenvalue weighted by atomic mass is 9.83. The zero-order valence-electron chi connectivity index (χ0n) is 14.3. The van der Waals surface area contributed by atoms with Crippen LogP contribution in [-0.2, 0) is 0 Å². The van der Waals surface area contributed by atoms with Crippen LogP contribution in [0.15, 0.2) is 12.4 Å². The van der Waals surface area contributed by atoms with E-state index in [-0.39, 0.29) is 11.9 Å². The molecule has 1 atom stereocenters. The summed E-state index contributed by atoms with van der Waals surface area (Å²) in [7, 11) is 0. The predicted octanol–water partition coefficient (Wildman–Crippen LogP) is 2.02. The molecule has 1 aliphatic heterocycles. The molecule has 1 aromatic rings. The highest BCUT2D eigenvalue weighted by Gasteiger charge is 2.32. The molecule has 128 valence electrons. The molecule has 1 amide bonds. The summed E-state index contributed by atoms with van der Waals surface area (Å²) in [4.78, 5) is 24.9. The Labute approximate surface area is 143 Å². The molecule has 3 rings (SSSR count). The Bertz CT molecular complexity index is 595. The first-order valence-corrected chi connectivity index (χ1v) is 8.90. The smallest absolute Gasteiger partial charge is 0.274 e. The van der Waals surface area contributed by atoms with Gasteiger partial charge in [0, 0.05) is 32.4 Å². The van der Waals surface area contributed by atoms with Crippen molar-refractivity contribution in [2.24, 2.45) is 5.92 Å². The van der Waals surface area contributed by atoms with Gasteiger partial charge in [-0.25, -0.2) is 4.98 Å². The molecule has 24 heavy (non-hydrogen) atoms. The van der Waals surface area contributed by atoms with Gasteiger partial charge in [-0.15, -0.1) is 0 Å². The van der Waals surface area contributed by atoms with E-state index in [0.29, 0.717) is 24.7 Å². The Hall–Kier alpha value is -2.00. The summed E-state index contributed by atoms with van der Waals surface area (Å²) < 4.78 is 0. The number of aromatic nitrogens is 2. The van der Waals surface area contributed by atoms with Crippen molar-refractivity contribution in [1.82, 2.24) is 19.8 Å². The second kappa shape index (κ2) is 7.71. The van der Waals surface area contributed by atoms with Crippen molar-refractivity contribution >= 4 is 5.91 Å². The van der Waals surface area contributed by atoms with Gasteiger partial charge in [-0.3, -0.25) is 14.7 Å². The SMILES string of the molecule is Cc1cnc(C(=O)N2CCN(C(C#N)C3CCCCC3)CC2)cn1. The van der Waals surface area contributed by atoms with Crippen LogP contribution in [-0.4, -0.2) is 57.9 Å². The minimum absolute atomic E-state index is 0.00159. The Morgan fingerprint density at radius 2 is 1.88 bits per heavy atom. The number of nitriles is 1. The predicted molar refractivity (Wildman–Crippen MR) is 90.2 cm³/mol. The standard InChI is InChI=1S/C18H25N5O/c1-14-12-21-16(13-20-14)18(24)23-9-7-22(8-10-23)17(11-19)15-5-3-2-4-6-15/h12-13,15,17H,2-10H2,1H3. The summed E-state index contributed by atoms with van der Waals surface area (Å²) in [6.45, 7) is 4.69. The first kappa shape index (κ1) is 16.8. The van der Waals surface area contributed by atoms with E-state index >= 15 is 0 Å². The minimum atomic E-state index is -0.0617. The molecule has 6 nitrogen and oxygen atoms in total. The van der Waals surface area contributed by atoms with Crippen LogP contribution in [0.4, 0.5) is 0 Å². The summed E-state index contributed by atoms with van der Waals surface area (Å²) in [6, 6.07) is 2.53. The van der Waals surface area contributed by atoms with E-state index in [2.05, 4.69) is 20.9 Å². The number of nitrogens with zero attached hydrogens (tertiary/aromatic N) is 5. The summed E-state index contributed by atoms with van der Waals surface area (Å²) in [6.07, 6.45) is 9.28. The monoisotopic (exact) mass is 327 g/mol. The van der Waals surface area contributed by atoms with Crippen LogP contribution in [0.3, 0.4) is 0 Å². The number of aryl methyl sites for hydroxylation is 1. The van der Waals surface area contributed by atoms with E-state index in [1.54, 1.807) is 12.4 Å². The highest BCUT2D eigenvalue weighted by molar-refractivity contribution is 5.92. The van der Waals surface area contributed by atoms with Gasteiger partial charge in [0.05, 0.1) is 18.0 Å². The Kier molecular flexibility index (Phi) is 5.41. The van der Waals surface area contributed by atoms with E-state index < -0.39 is 0 Å². The first-order chi connectivity index (χ1) is 11.7. The van der Waals surface area contributed by atoms with Gasteiger partial charge in [0.15, 0.2) is 0 Å². The number of rotatable bonds is 3.